The van der Waals surface area contributed by atoms with Crippen molar-refractivity contribution >= 4 is 10.0 Å². The smallest absolute Gasteiger partial charge is 0.312 e. The zero-order valence-corrected chi connectivity index (χ0v) is 12.6. The predicted octanol–water partition coefficient (Wildman–Crippen LogP) is 2.00. The van der Waals surface area contributed by atoms with Crippen molar-refractivity contribution in [2.45, 2.75) is 31.0 Å². The van der Waals surface area contributed by atoms with Crippen molar-refractivity contribution in [1.29, 1.82) is 0 Å². The first-order valence-corrected chi connectivity index (χ1v) is 7.98. The lowest BCUT2D eigenvalue weighted by molar-refractivity contribution is -0.138. The molecule has 1 heterocycles. The summed E-state index contributed by atoms with van der Waals surface area (Å²) in [5.41, 5.74) is -0.901. The summed E-state index contributed by atoms with van der Waals surface area (Å²) in [6, 6.07) is 3.12. The minimum Gasteiger partial charge on any atom is -0.312 e. The first kappa shape index (κ1) is 16.3. The molecule has 1 aliphatic rings. The van der Waals surface area contributed by atoms with Gasteiger partial charge >= 0.3 is 6.18 Å². The van der Waals surface area contributed by atoms with E-state index >= 15 is 0 Å². The van der Waals surface area contributed by atoms with Crippen molar-refractivity contribution in [3.63, 3.8) is 0 Å². The Balaban J connectivity index is 2.41. The molecule has 118 valence electrons. The van der Waals surface area contributed by atoms with Gasteiger partial charge < -0.3 is 5.32 Å². The number of sulfonamides is 1. The van der Waals surface area contributed by atoms with Crippen molar-refractivity contribution in [1.82, 2.24) is 9.62 Å². The molecule has 1 N–H and O–H groups in total. The quantitative estimate of drug-likeness (QED) is 0.906. The number of nitrogens with zero attached hydrogens (tertiary/aromatic N) is 1. The standard InChI is InChI=1S/C13H17F3N2O2S/c1-9-3-4-11(7-12(9)13(14,15)16)21(19,20)18-6-5-17-10(2)8-18/h3-4,7,10,17H,5-6,8H2,1-2H3. The summed E-state index contributed by atoms with van der Waals surface area (Å²) in [5, 5.41) is 3.09. The van der Waals surface area contributed by atoms with Crippen LogP contribution < -0.4 is 5.32 Å². The van der Waals surface area contributed by atoms with E-state index in [0.29, 0.717) is 6.54 Å². The van der Waals surface area contributed by atoms with E-state index in [9.17, 15) is 21.6 Å². The van der Waals surface area contributed by atoms with Crippen LogP contribution >= 0.6 is 0 Å². The summed E-state index contributed by atoms with van der Waals surface area (Å²) in [4.78, 5) is -0.311. The highest BCUT2D eigenvalue weighted by molar-refractivity contribution is 7.89. The van der Waals surface area contributed by atoms with Crippen molar-refractivity contribution < 1.29 is 21.6 Å². The van der Waals surface area contributed by atoms with Crippen molar-refractivity contribution in [3.05, 3.63) is 29.3 Å². The van der Waals surface area contributed by atoms with Crippen LogP contribution in [0.4, 0.5) is 13.2 Å². The average molecular weight is 322 g/mol. The number of alkyl halides is 3. The van der Waals surface area contributed by atoms with Crippen LogP contribution in [0.2, 0.25) is 0 Å². The molecule has 1 aromatic rings. The number of rotatable bonds is 2. The van der Waals surface area contributed by atoms with Crippen molar-refractivity contribution in [2.24, 2.45) is 0 Å². The summed E-state index contributed by atoms with van der Waals surface area (Å²) < 4.78 is 64.8. The van der Waals surface area contributed by atoms with Crippen molar-refractivity contribution in [3.8, 4) is 0 Å². The van der Waals surface area contributed by atoms with Gasteiger partial charge in [-0.3, -0.25) is 0 Å². The lowest BCUT2D eigenvalue weighted by Gasteiger charge is -2.31. The highest BCUT2D eigenvalue weighted by atomic mass is 32.2. The van der Waals surface area contributed by atoms with Gasteiger partial charge in [0.15, 0.2) is 0 Å². The second-order valence-corrected chi connectivity index (χ2v) is 7.13. The van der Waals surface area contributed by atoms with Gasteiger partial charge in [0.25, 0.3) is 0 Å². The third kappa shape index (κ3) is 3.38. The van der Waals surface area contributed by atoms with Crippen LogP contribution in [-0.2, 0) is 16.2 Å². The summed E-state index contributed by atoms with van der Waals surface area (Å²) >= 11 is 0. The van der Waals surface area contributed by atoms with E-state index in [1.54, 1.807) is 0 Å². The van der Waals surface area contributed by atoms with E-state index in [1.807, 2.05) is 6.92 Å². The van der Waals surface area contributed by atoms with E-state index < -0.39 is 21.8 Å². The summed E-state index contributed by atoms with van der Waals surface area (Å²) in [6.07, 6.45) is -4.56. The second-order valence-electron chi connectivity index (χ2n) is 5.19. The summed E-state index contributed by atoms with van der Waals surface area (Å²) in [6.45, 7) is 4.13. The topological polar surface area (TPSA) is 49.4 Å². The van der Waals surface area contributed by atoms with Gasteiger partial charge in [0.1, 0.15) is 0 Å². The van der Waals surface area contributed by atoms with E-state index in [4.69, 9.17) is 0 Å². The Morgan fingerprint density at radius 2 is 2.00 bits per heavy atom. The molecule has 4 nitrogen and oxygen atoms in total. The molecule has 21 heavy (non-hydrogen) atoms. The molecule has 0 aliphatic carbocycles. The second kappa shape index (κ2) is 5.58. The van der Waals surface area contributed by atoms with E-state index in [-0.39, 0.29) is 29.6 Å². The number of piperazine rings is 1. The van der Waals surface area contributed by atoms with Crippen LogP contribution in [0.1, 0.15) is 18.1 Å². The van der Waals surface area contributed by atoms with Gasteiger partial charge in [0.2, 0.25) is 10.0 Å². The maximum atomic E-state index is 12.9. The van der Waals surface area contributed by atoms with Gasteiger partial charge in [-0.05, 0) is 31.5 Å². The molecule has 2 rings (SSSR count). The molecule has 0 radical (unpaired) electrons. The third-order valence-electron chi connectivity index (χ3n) is 3.48. The van der Waals surface area contributed by atoms with Gasteiger partial charge in [-0.1, -0.05) is 6.07 Å². The Hall–Kier alpha value is -1.12. The molecule has 0 saturated carbocycles. The fourth-order valence-corrected chi connectivity index (χ4v) is 3.89. The van der Waals surface area contributed by atoms with Crippen LogP contribution in [0.5, 0.6) is 0 Å². The highest BCUT2D eigenvalue weighted by Crippen LogP contribution is 2.33. The molecular weight excluding hydrogens is 305 g/mol. The van der Waals surface area contributed by atoms with Gasteiger partial charge in [-0.15, -0.1) is 0 Å². The molecule has 0 amide bonds. The molecule has 0 spiro atoms. The van der Waals surface area contributed by atoms with Crippen LogP contribution in [0.25, 0.3) is 0 Å². The Morgan fingerprint density at radius 3 is 2.57 bits per heavy atom. The Labute approximate surface area is 122 Å². The Kier molecular flexibility index (Phi) is 4.32. The van der Waals surface area contributed by atoms with E-state index in [1.165, 1.54) is 23.4 Å². The lowest BCUT2D eigenvalue weighted by Crippen LogP contribution is -2.51. The van der Waals surface area contributed by atoms with Crippen LogP contribution in [0.15, 0.2) is 23.1 Å². The predicted molar refractivity (Wildman–Crippen MR) is 72.4 cm³/mol. The number of hydrogen-bond donors (Lipinski definition) is 1. The molecule has 1 unspecified atom stereocenters. The number of benzene rings is 1. The van der Waals surface area contributed by atoms with E-state index in [2.05, 4.69) is 5.32 Å². The summed E-state index contributed by atoms with van der Waals surface area (Å²) in [5.74, 6) is 0. The largest absolute Gasteiger partial charge is 0.416 e. The fourth-order valence-electron chi connectivity index (χ4n) is 2.33. The molecule has 0 bridgehead atoms. The first-order chi connectivity index (χ1) is 9.62. The number of hydrogen-bond acceptors (Lipinski definition) is 3. The highest BCUT2D eigenvalue weighted by Gasteiger charge is 2.35. The minimum absolute atomic E-state index is 0.00938. The number of nitrogens with one attached hydrogen (secondary N) is 1. The first-order valence-electron chi connectivity index (χ1n) is 6.54. The van der Waals surface area contributed by atoms with Crippen LogP contribution in [0, 0.1) is 6.92 Å². The molecule has 1 aliphatic heterocycles. The zero-order chi connectivity index (χ0) is 15.8. The Morgan fingerprint density at radius 1 is 1.33 bits per heavy atom. The van der Waals surface area contributed by atoms with E-state index in [0.717, 1.165) is 6.07 Å². The van der Waals surface area contributed by atoms with Crippen LogP contribution in [0.3, 0.4) is 0 Å². The minimum atomic E-state index is -4.56. The molecule has 1 saturated heterocycles. The fraction of sp³-hybridized carbons (Fsp3) is 0.538. The zero-order valence-electron chi connectivity index (χ0n) is 11.7. The third-order valence-corrected chi connectivity index (χ3v) is 5.34. The van der Waals surface area contributed by atoms with Gasteiger partial charge in [-0.25, -0.2) is 8.42 Å². The normalized spacial score (nSPS) is 21.5. The molecule has 8 heteroatoms. The maximum Gasteiger partial charge on any atom is 0.416 e. The molecule has 1 aromatic carbocycles. The van der Waals surface area contributed by atoms with Gasteiger partial charge in [0, 0.05) is 25.7 Å². The van der Waals surface area contributed by atoms with Crippen molar-refractivity contribution in [2.75, 3.05) is 19.6 Å². The monoisotopic (exact) mass is 322 g/mol. The molecule has 1 atom stereocenters. The molecule has 1 fully saturated rings. The summed E-state index contributed by atoms with van der Waals surface area (Å²) in [7, 11) is -3.90. The number of aryl methyl sites for hydroxylation is 1. The molecular formula is C13H17F3N2O2S. The van der Waals surface area contributed by atoms with Crippen LogP contribution in [-0.4, -0.2) is 38.4 Å². The SMILES string of the molecule is Cc1ccc(S(=O)(=O)N2CCNC(C)C2)cc1C(F)(F)F. The Bertz CT molecular complexity index is 629. The average Bonchev–Trinajstić information content (AvgIpc) is 2.37. The molecule has 0 aromatic heterocycles. The van der Waals surface area contributed by atoms with Gasteiger partial charge in [-0.2, -0.15) is 17.5 Å². The maximum absolute atomic E-state index is 12.9. The lowest BCUT2D eigenvalue weighted by atomic mass is 10.1. The van der Waals surface area contributed by atoms with Gasteiger partial charge in [0.05, 0.1) is 10.5 Å². The number of halogens is 3.